The van der Waals surface area contributed by atoms with Crippen LogP contribution in [-0.2, 0) is 6.42 Å². The Labute approximate surface area is 142 Å². The number of nitrogens with zero attached hydrogens (tertiary/aromatic N) is 2. The maximum absolute atomic E-state index is 12.3. The predicted molar refractivity (Wildman–Crippen MR) is 93.8 cm³/mol. The van der Waals surface area contributed by atoms with Gasteiger partial charge in [0.1, 0.15) is 5.82 Å². The van der Waals surface area contributed by atoms with Gasteiger partial charge in [0.25, 0.3) is 0 Å². The zero-order valence-electron chi connectivity index (χ0n) is 14.2. The summed E-state index contributed by atoms with van der Waals surface area (Å²) in [7, 11) is 0. The molecule has 0 unspecified atom stereocenters. The van der Waals surface area contributed by atoms with Crippen molar-refractivity contribution in [1.29, 1.82) is 0 Å². The Hall–Kier alpha value is -2.08. The van der Waals surface area contributed by atoms with E-state index in [0.717, 1.165) is 49.1 Å². The Morgan fingerprint density at radius 3 is 3.12 bits per heavy atom. The number of imidazole rings is 1. The van der Waals surface area contributed by atoms with Crippen LogP contribution in [0.5, 0.6) is 0 Å². The fourth-order valence-corrected chi connectivity index (χ4v) is 3.42. The molecule has 2 heterocycles. The van der Waals surface area contributed by atoms with Gasteiger partial charge in [-0.3, -0.25) is 0 Å². The molecule has 2 amide bonds. The normalized spacial score (nSPS) is 18.9. The molecule has 130 valence electrons. The number of urea groups is 1. The summed E-state index contributed by atoms with van der Waals surface area (Å²) in [6.45, 7) is 3.20. The van der Waals surface area contributed by atoms with E-state index in [9.17, 15) is 9.90 Å². The van der Waals surface area contributed by atoms with Crippen molar-refractivity contribution in [3.05, 3.63) is 30.1 Å². The summed E-state index contributed by atoms with van der Waals surface area (Å²) >= 11 is 0. The molecule has 0 saturated carbocycles. The average Bonchev–Trinajstić information content (AvgIpc) is 3.16. The summed E-state index contributed by atoms with van der Waals surface area (Å²) < 4.78 is 0. The zero-order chi connectivity index (χ0) is 16.9. The van der Waals surface area contributed by atoms with Crippen LogP contribution in [0.3, 0.4) is 0 Å². The molecule has 1 aliphatic rings. The lowest BCUT2D eigenvalue weighted by Crippen LogP contribution is -2.44. The maximum atomic E-state index is 12.3. The molecular weight excluding hydrogens is 304 g/mol. The van der Waals surface area contributed by atoms with Crippen LogP contribution in [0.2, 0.25) is 0 Å². The van der Waals surface area contributed by atoms with Crippen LogP contribution in [0.4, 0.5) is 4.79 Å². The highest BCUT2D eigenvalue weighted by Crippen LogP contribution is 2.21. The molecule has 2 atom stereocenters. The van der Waals surface area contributed by atoms with Gasteiger partial charge in [-0.25, -0.2) is 9.78 Å². The lowest BCUT2D eigenvalue weighted by molar-refractivity contribution is 0.138. The number of para-hydroxylation sites is 2. The van der Waals surface area contributed by atoms with Gasteiger partial charge >= 0.3 is 6.03 Å². The van der Waals surface area contributed by atoms with Crippen molar-refractivity contribution in [2.75, 3.05) is 13.1 Å². The molecule has 3 N–H and O–H groups in total. The highest BCUT2D eigenvalue weighted by Gasteiger charge is 2.29. The quantitative estimate of drug-likeness (QED) is 0.712. The lowest BCUT2D eigenvalue weighted by Gasteiger charge is -2.25. The monoisotopic (exact) mass is 330 g/mol. The van der Waals surface area contributed by atoms with Gasteiger partial charge < -0.3 is 20.3 Å². The van der Waals surface area contributed by atoms with Crippen LogP contribution in [-0.4, -0.2) is 51.2 Å². The number of hydrogen-bond donors (Lipinski definition) is 3. The Morgan fingerprint density at radius 1 is 1.50 bits per heavy atom. The molecule has 1 aliphatic heterocycles. The molecule has 0 spiro atoms. The van der Waals surface area contributed by atoms with E-state index < -0.39 is 0 Å². The molecule has 2 aromatic rings. The van der Waals surface area contributed by atoms with Crippen molar-refractivity contribution in [2.45, 2.75) is 51.2 Å². The number of aliphatic hydroxyl groups is 1. The third-order valence-electron chi connectivity index (χ3n) is 4.56. The lowest BCUT2D eigenvalue weighted by atomic mass is 10.1. The van der Waals surface area contributed by atoms with Gasteiger partial charge in [0, 0.05) is 25.6 Å². The Bertz CT molecular complexity index is 649. The number of aromatic nitrogens is 2. The highest BCUT2D eigenvalue weighted by atomic mass is 16.3. The number of rotatable bonds is 6. The van der Waals surface area contributed by atoms with Gasteiger partial charge in [-0.2, -0.15) is 0 Å². The van der Waals surface area contributed by atoms with E-state index in [1.165, 1.54) is 0 Å². The zero-order valence-corrected chi connectivity index (χ0v) is 14.2. The Morgan fingerprint density at radius 2 is 2.33 bits per heavy atom. The van der Waals surface area contributed by atoms with E-state index >= 15 is 0 Å². The Kier molecular flexibility index (Phi) is 5.35. The molecule has 1 aromatic carbocycles. The van der Waals surface area contributed by atoms with Gasteiger partial charge in [0.15, 0.2) is 0 Å². The summed E-state index contributed by atoms with van der Waals surface area (Å²) in [6, 6.07) is 8.13. The number of hydrogen-bond acceptors (Lipinski definition) is 3. The number of aliphatic hydroxyl groups excluding tert-OH is 1. The fourth-order valence-electron chi connectivity index (χ4n) is 3.42. The number of aromatic amines is 1. The molecule has 6 heteroatoms. The molecule has 0 aliphatic carbocycles. The van der Waals surface area contributed by atoms with Crippen LogP contribution in [0.1, 0.15) is 38.4 Å². The van der Waals surface area contributed by atoms with Gasteiger partial charge in [-0.05, 0) is 44.7 Å². The molecule has 24 heavy (non-hydrogen) atoms. The van der Waals surface area contributed by atoms with Crippen molar-refractivity contribution in [1.82, 2.24) is 20.2 Å². The first kappa shape index (κ1) is 16.8. The number of amides is 2. The second kappa shape index (κ2) is 7.66. The number of carbonyl (C=O) groups is 1. The first-order valence-electron chi connectivity index (χ1n) is 8.79. The molecule has 1 fully saturated rings. The summed E-state index contributed by atoms with van der Waals surface area (Å²) in [4.78, 5) is 22.0. The summed E-state index contributed by atoms with van der Waals surface area (Å²) in [5, 5.41) is 12.5. The van der Waals surface area contributed by atoms with Crippen molar-refractivity contribution in [2.24, 2.45) is 0 Å². The van der Waals surface area contributed by atoms with Crippen molar-refractivity contribution < 1.29 is 9.90 Å². The third-order valence-corrected chi connectivity index (χ3v) is 4.56. The van der Waals surface area contributed by atoms with Gasteiger partial charge in [-0.15, -0.1) is 0 Å². The van der Waals surface area contributed by atoms with Crippen LogP contribution in [0.25, 0.3) is 11.0 Å². The van der Waals surface area contributed by atoms with Crippen molar-refractivity contribution >= 4 is 17.1 Å². The van der Waals surface area contributed by atoms with E-state index in [0.29, 0.717) is 13.0 Å². The smallest absolute Gasteiger partial charge is 0.317 e. The van der Waals surface area contributed by atoms with E-state index in [2.05, 4.69) is 15.3 Å². The molecule has 1 saturated heterocycles. The molecule has 1 aromatic heterocycles. The largest absolute Gasteiger partial charge is 0.393 e. The van der Waals surface area contributed by atoms with E-state index in [1.807, 2.05) is 29.2 Å². The number of likely N-dealkylation sites (tertiary alicyclic amines) is 1. The van der Waals surface area contributed by atoms with E-state index in [4.69, 9.17) is 0 Å². The Balaban J connectivity index is 1.43. The van der Waals surface area contributed by atoms with Crippen LogP contribution in [0.15, 0.2) is 24.3 Å². The second-order valence-electron chi connectivity index (χ2n) is 6.61. The standard InChI is InChI=1S/C18H26N4O2/c1-13(23)12-14-6-5-11-22(14)18(24)19-10-4-9-17-20-15-7-2-3-8-16(15)21-17/h2-3,7-8,13-14,23H,4-6,9-12H2,1H3,(H,19,24)(H,20,21)/t13-,14+/m0/s1. The minimum absolute atomic E-state index is 0.0113. The summed E-state index contributed by atoms with van der Waals surface area (Å²) in [6.07, 6.45) is 3.96. The number of aryl methyl sites for hydroxylation is 1. The first-order chi connectivity index (χ1) is 11.6. The van der Waals surface area contributed by atoms with Crippen molar-refractivity contribution in [3.8, 4) is 0 Å². The minimum atomic E-state index is -0.364. The number of carbonyl (C=O) groups excluding carboxylic acids is 1. The number of H-pyrrole nitrogens is 1. The average molecular weight is 330 g/mol. The molecule has 0 radical (unpaired) electrons. The highest BCUT2D eigenvalue weighted by molar-refractivity contribution is 5.75. The SMILES string of the molecule is C[C@H](O)C[C@H]1CCCN1C(=O)NCCCc1nc2ccccc2[nH]1. The maximum Gasteiger partial charge on any atom is 0.317 e. The molecule has 6 nitrogen and oxygen atoms in total. The second-order valence-corrected chi connectivity index (χ2v) is 6.61. The van der Waals surface area contributed by atoms with Crippen LogP contribution in [0, 0.1) is 0 Å². The minimum Gasteiger partial charge on any atom is -0.393 e. The molecule has 3 rings (SSSR count). The fraction of sp³-hybridized carbons (Fsp3) is 0.556. The van der Waals surface area contributed by atoms with Crippen LogP contribution < -0.4 is 5.32 Å². The number of benzene rings is 1. The molecule has 0 bridgehead atoms. The van der Waals surface area contributed by atoms with E-state index in [-0.39, 0.29) is 18.2 Å². The summed E-state index contributed by atoms with van der Waals surface area (Å²) in [5.41, 5.74) is 2.03. The van der Waals surface area contributed by atoms with Gasteiger partial charge in [-0.1, -0.05) is 12.1 Å². The van der Waals surface area contributed by atoms with Gasteiger partial charge in [0.2, 0.25) is 0 Å². The van der Waals surface area contributed by atoms with Crippen LogP contribution >= 0.6 is 0 Å². The first-order valence-corrected chi connectivity index (χ1v) is 8.79. The third kappa shape index (κ3) is 4.06. The van der Waals surface area contributed by atoms with E-state index in [1.54, 1.807) is 6.92 Å². The van der Waals surface area contributed by atoms with Gasteiger partial charge in [0.05, 0.1) is 17.1 Å². The topological polar surface area (TPSA) is 81.2 Å². The predicted octanol–water partition coefficient (Wildman–Crippen LogP) is 2.44. The molecular formula is C18H26N4O2. The number of fused-ring (bicyclic) bond motifs is 1. The van der Waals surface area contributed by atoms with Crippen molar-refractivity contribution in [3.63, 3.8) is 0 Å². The number of nitrogens with one attached hydrogen (secondary N) is 2. The summed E-state index contributed by atoms with van der Waals surface area (Å²) in [5.74, 6) is 0.957.